The molecule has 0 radical (unpaired) electrons. The summed E-state index contributed by atoms with van der Waals surface area (Å²) in [7, 11) is 1.80. The summed E-state index contributed by atoms with van der Waals surface area (Å²) >= 11 is 0. The van der Waals surface area contributed by atoms with Crippen LogP contribution in [0.2, 0.25) is 0 Å². The molecule has 1 saturated heterocycles. The number of ether oxygens (including phenoxy) is 1. The third-order valence-corrected chi connectivity index (χ3v) is 4.71. The number of piperidine rings is 1. The summed E-state index contributed by atoms with van der Waals surface area (Å²) < 4.78 is 5.25. The molecule has 1 unspecified atom stereocenters. The predicted octanol–water partition coefficient (Wildman–Crippen LogP) is 2.27. The summed E-state index contributed by atoms with van der Waals surface area (Å²) in [6.07, 6.45) is 7.15. The fourth-order valence-electron chi connectivity index (χ4n) is 3.11. The topological polar surface area (TPSA) is 44.7 Å². The molecule has 0 saturated carbocycles. The Morgan fingerprint density at radius 2 is 2.00 bits per heavy atom. The van der Waals surface area contributed by atoms with E-state index in [1.165, 1.54) is 45.3 Å². The molecule has 4 nitrogen and oxygen atoms in total. The van der Waals surface area contributed by atoms with Crippen molar-refractivity contribution < 1.29 is 9.84 Å². The van der Waals surface area contributed by atoms with Crippen LogP contribution >= 0.6 is 0 Å². The Balaban J connectivity index is 2.11. The van der Waals surface area contributed by atoms with E-state index >= 15 is 0 Å². The number of aliphatic hydroxyl groups is 1. The van der Waals surface area contributed by atoms with Gasteiger partial charge in [0.15, 0.2) is 0 Å². The Morgan fingerprint density at radius 3 is 2.57 bits per heavy atom. The van der Waals surface area contributed by atoms with Gasteiger partial charge in [-0.2, -0.15) is 0 Å². The van der Waals surface area contributed by atoms with Gasteiger partial charge >= 0.3 is 0 Å². The lowest BCUT2D eigenvalue weighted by Crippen LogP contribution is -2.46. The zero-order chi connectivity index (χ0) is 15.6. The maximum absolute atomic E-state index is 9.55. The maximum Gasteiger partial charge on any atom is 0.0610 e. The Hall–Kier alpha value is -0.160. The highest BCUT2D eigenvalue weighted by Crippen LogP contribution is 2.19. The highest BCUT2D eigenvalue weighted by Gasteiger charge is 2.22. The van der Waals surface area contributed by atoms with Crippen LogP contribution in [-0.2, 0) is 4.74 Å². The van der Waals surface area contributed by atoms with E-state index in [1.807, 2.05) is 0 Å². The lowest BCUT2D eigenvalue weighted by molar-refractivity contribution is 0.0979. The largest absolute Gasteiger partial charge is 0.394 e. The molecular formula is C17H36N2O2. The van der Waals surface area contributed by atoms with Gasteiger partial charge in [0.1, 0.15) is 0 Å². The SMILES string of the molecule is CCCNC(C)(CO)CCCCN1CCC(COC)CC1. The number of hydrogen-bond donors (Lipinski definition) is 2. The summed E-state index contributed by atoms with van der Waals surface area (Å²) in [5.41, 5.74) is -0.0958. The second-order valence-electron chi connectivity index (χ2n) is 6.84. The molecule has 0 aromatic carbocycles. The molecule has 0 aromatic rings. The smallest absolute Gasteiger partial charge is 0.0610 e. The molecule has 1 atom stereocenters. The number of methoxy groups -OCH3 is 1. The minimum absolute atomic E-state index is 0.0958. The Labute approximate surface area is 131 Å². The van der Waals surface area contributed by atoms with E-state index in [0.717, 1.165) is 31.9 Å². The number of rotatable bonds is 11. The number of nitrogens with zero attached hydrogens (tertiary/aromatic N) is 1. The number of aliphatic hydroxyl groups excluding tert-OH is 1. The molecule has 126 valence electrons. The zero-order valence-electron chi connectivity index (χ0n) is 14.4. The van der Waals surface area contributed by atoms with Crippen molar-refractivity contribution in [2.24, 2.45) is 5.92 Å². The fourth-order valence-corrected chi connectivity index (χ4v) is 3.11. The minimum Gasteiger partial charge on any atom is -0.394 e. The van der Waals surface area contributed by atoms with Crippen molar-refractivity contribution >= 4 is 0 Å². The van der Waals surface area contributed by atoms with Crippen molar-refractivity contribution in [3.8, 4) is 0 Å². The van der Waals surface area contributed by atoms with Crippen molar-refractivity contribution in [1.29, 1.82) is 0 Å². The highest BCUT2D eigenvalue weighted by atomic mass is 16.5. The number of unbranched alkanes of at least 4 members (excludes halogenated alkanes) is 1. The standard InChI is InChI=1S/C17H36N2O2/c1-4-10-18-17(2,15-20)9-5-6-11-19-12-7-16(8-13-19)14-21-3/h16,18,20H,4-15H2,1-3H3. The summed E-state index contributed by atoms with van der Waals surface area (Å²) in [5, 5.41) is 13.0. The highest BCUT2D eigenvalue weighted by molar-refractivity contribution is 4.82. The van der Waals surface area contributed by atoms with Crippen molar-refractivity contribution in [2.75, 3.05) is 46.5 Å². The quantitative estimate of drug-likeness (QED) is 0.575. The first kappa shape index (κ1) is 18.9. The van der Waals surface area contributed by atoms with Crippen LogP contribution in [0.1, 0.15) is 52.4 Å². The van der Waals surface area contributed by atoms with Crippen LogP contribution in [0.3, 0.4) is 0 Å². The number of likely N-dealkylation sites (tertiary alicyclic amines) is 1. The van der Waals surface area contributed by atoms with Crippen molar-refractivity contribution in [2.45, 2.75) is 57.9 Å². The van der Waals surface area contributed by atoms with Crippen LogP contribution in [0.5, 0.6) is 0 Å². The second-order valence-corrected chi connectivity index (χ2v) is 6.84. The van der Waals surface area contributed by atoms with Gasteiger partial charge in [0.05, 0.1) is 6.61 Å². The molecule has 1 aliphatic rings. The summed E-state index contributed by atoms with van der Waals surface area (Å²) in [4.78, 5) is 2.59. The van der Waals surface area contributed by atoms with E-state index in [0.29, 0.717) is 0 Å². The summed E-state index contributed by atoms with van der Waals surface area (Å²) in [6, 6.07) is 0. The van der Waals surface area contributed by atoms with Crippen molar-refractivity contribution in [3.05, 3.63) is 0 Å². The van der Waals surface area contributed by atoms with Gasteiger partial charge in [-0.25, -0.2) is 0 Å². The van der Waals surface area contributed by atoms with E-state index in [2.05, 4.69) is 24.1 Å². The molecule has 0 bridgehead atoms. The normalized spacial score (nSPS) is 20.6. The average molecular weight is 300 g/mol. The molecule has 0 aromatic heterocycles. The van der Waals surface area contributed by atoms with Crippen LogP contribution in [0.4, 0.5) is 0 Å². The van der Waals surface area contributed by atoms with Crippen molar-refractivity contribution in [3.63, 3.8) is 0 Å². The molecule has 4 heteroatoms. The van der Waals surface area contributed by atoms with Gasteiger partial charge in [-0.3, -0.25) is 0 Å². The van der Waals surface area contributed by atoms with Crippen LogP contribution < -0.4 is 5.32 Å². The molecule has 1 rings (SSSR count). The van der Waals surface area contributed by atoms with Crippen LogP contribution in [0, 0.1) is 5.92 Å². The number of nitrogens with one attached hydrogen (secondary N) is 1. The fraction of sp³-hybridized carbons (Fsp3) is 1.00. The van der Waals surface area contributed by atoms with E-state index in [-0.39, 0.29) is 12.1 Å². The summed E-state index contributed by atoms with van der Waals surface area (Å²) in [6.45, 7) is 10.1. The summed E-state index contributed by atoms with van der Waals surface area (Å²) in [5.74, 6) is 0.766. The lowest BCUT2D eigenvalue weighted by atomic mass is 9.94. The predicted molar refractivity (Wildman–Crippen MR) is 88.7 cm³/mol. The lowest BCUT2D eigenvalue weighted by Gasteiger charge is -2.32. The van der Waals surface area contributed by atoms with Crippen molar-refractivity contribution in [1.82, 2.24) is 10.2 Å². The molecule has 2 N–H and O–H groups in total. The van der Waals surface area contributed by atoms with E-state index in [1.54, 1.807) is 7.11 Å². The van der Waals surface area contributed by atoms with E-state index < -0.39 is 0 Å². The van der Waals surface area contributed by atoms with Gasteiger partial charge < -0.3 is 20.1 Å². The first-order chi connectivity index (χ1) is 10.1. The third kappa shape index (κ3) is 7.59. The van der Waals surface area contributed by atoms with Gasteiger partial charge in [-0.15, -0.1) is 0 Å². The Bertz CT molecular complexity index is 255. The van der Waals surface area contributed by atoms with Gasteiger partial charge in [-0.05, 0) is 71.1 Å². The number of hydrogen-bond acceptors (Lipinski definition) is 4. The molecule has 0 amide bonds. The Morgan fingerprint density at radius 1 is 1.29 bits per heavy atom. The van der Waals surface area contributed by atoms with Gasteiger partial charge in [-0.1, -0.05) is 13.3 Å². The molecule has 1 fully saturated rings. The third-order valence-electron chi connectivity index (χ3n) is 4.71. The van der Waals surface area contributed by atoms with E-state index in [4.69, 9.17) is 4.74 Å². The molecule has 1 aliphatic heterocycles. The zero-order valence-corrected chi connectivity index (χ0v) is 14.4. The molecule has 0 spiro atoms. The van der Waals surface area contributed by atoms with Crippen LogP contribution in [-0.4, -0.2) is 62.0 Å². The molecule has 0 aliphatic carbocycles. The molecule has 1 heterocycles. The van der Waals surface area contributed by atoms with Crippen LogP contribution in [0.25, 0.3) is 0 Å². The Kier molecular flexibility index (Phi) is 9.49. The maximum atomic E-state index is 9.55. The monoisotopic (exact) mass is 300 g/mol. The van der Waals surface area contributed by atoms with E-state index in [9.17, 15) is 5.11 Å². The molecule has 21 heavy (non-hydrogen) atoms. The molecular weight excluding hydrogens is 264 g/mol. The average Bonchev–Trinajstić information content (AvgIpc) is 2.51. The first-order valence-corrected chi connectivity index (χ1v) is 8.70. The van der Waals surface area contributed by atoms with Crippen LogP contribution in [0.15, 0.2) is 0 Å². The van der Waals surface area contributed by atoms with Gasteiger partial charge in [0, 0.05) is 19.3 Å². The minimum atomic E-state index is -0.0958. The first-order valence-electron chi connectivity index (χ1n) is 8.70. The van der Waals surface area contributed by atoms with Gasteiger partial charge in [0.25, 0.3) is 0 Å². The van der Waals surface area contributed by atoms with Gasteiger partial charge in [0.2, 0.25) is 0 Å². The second kappa shape index (κ2) is 10.5.